The number of anilines is 1. The number of amidine groups is 1. The maximum absolute atomic E-state index is 12.7. The molecule has 0 spiro atoms. The number of nitrogens with one attached hydrogen (secondary N) is 2. The lowest BCUT2D eigenvalue weighted by molar-refractivity contribution is -0.111. The minimum atomic E-state index is -3.78. The van der Waals surface area contributed by atoms with Gasteiger partial charge in [-0.25, -0.2) is 8.42 Å². The van der Waals surface area contributed by atoms with Crippen LogP contribution in [0.3, 0.4) is 0 Å². The summed E-state index contributed by atoms with van der Waals surface area (Å²) in [4.78, 5) is 16.7. The molecule has 0 radical (unpaired) electrons. The van der Waals surface area contributed by atoms with Gasteiger partial charge in [-0.1, -0.05) is 12.5 Å². The maximum Gasteiger partial charge on any atom is 0.262 e. The molecule has 32 heavy (non-hydrogen) atoms. The fraction of sp³-hybridized carbons (Fsp3) is 0.304. The quantitative estimate of drug-likeness (QED) is 0.618. The molecule has 2 aromatic rings. The van der Waals surface area contributed by atoms with Crippen LogP contribution in [0.25, 0.3) is 6.08 Å². The van der Waals surface area contributed by atoms with Crippen LogP contribution in [0.5, 0.6) is 11.5 Å². The number of hydrogen-bond acceptors (Lipinski definition) is 6. The van der Waals surface area contributed by atoms with Crippen molar-refractivity contribution in [1.29, 1.82) is 0 Å². The number of carbonyl (C=O) groups is 1. The van der Waals surface area contributed by atoms with Crippen molar-refractivity contribution in [3.05, 3.63) is 54.1 Å². The van der Waals surface area contributed by atoms with Gasteiger partial charge in [0, 0.05) is 36.4 Å². The minimum Gasteiger partial charge on any atom is -0.497 e. The predicted molar refractivity (Wildman–Crippen MR) is 125 cm³/mol. The molecule has 0 bridgehead atoms. The molecular formula is C23H27N3O5S. The number of nitrogens with zero attached hydrogens (tertiary/aromatic N) is 1. The molecule has 0 atom stereocenters. The molecule has 1 aliphatic rings. The predicted octanol–water partition coefficient (Wildman–Crippen LogP) is 3.61. The largest absolute Gasteiger partial charge is 0.497 e. The Bertz CT molecular complexity index is 1130. The summed E-state index contributed by atoms with van der Waals surface area (Å²) in [5, 5.41) is 2.68. The molecule has 1 amide bonds. The van der Waals surface area contributed by atoms with Gasteiger partial charge in [-0.05, 0) is 49.2 Å². The molecule has 0 aliphatic carbocycles. The van der Waals surface area contributed by atoms with Crippen LogP contribution in [0.4, 0.5) is 5.69 Å². The summed E-state index contributed by atoms with van der Waals surface area (Å²) in [5.41, 5.74) is 1.07. The number of amides is 1. The summed E-state index contributed by atoms with van der Waals surface area (Å²) >= 11 is 0. The van der Waals surface area contributed by atoms with Gasteiger partial charge in [0.25, 0.3) is 10.0 Å². The molecule has 0 fully saturated rings. The van der Waals surface area contributed by atoms with Crippen molar-refractivity contribution >= 4 is 33.5 Å². The molecule has 0 saturated heterocycles. The number of sulfonamides is 1. The zero-order chi connectivity index (χ0) is 23.0. The third-order valence-electron chi connectivity index (χ3n) is 4.89. The number of ether oxygens (including phenoxy) is 2. The average Bonchev–Trinajstić information content (AvgIpc) is 3.06. The zero-order valence-corrected chi connectivity index (χ0v) is 18.9. The van der Waals surface area contributed by atoms with Crippen molar-refractivity contribution in [2.75, 3.05) is 26.1 Å². The highest BCUT2D eigenvalue weighted by Crippen LogP contribution is 2.25. The highest BCUT2D eigenvalue weighted by Gasteiger charge is 2.18. The molecule has 8 nitrogen and oxygen atoms in total. The second-order valence-electron chi connectivity index (χ2n) is 7.20. The van der Waals surface area contributed by atoms with Gasteiger partial charge >= 0.3 is 0 Å². The van der Waals surface area contributed by atoms with E-state index < -0.39 is 15.9 Å². The van der Waals surface area contributed by atoms with Crippen LogP contribution >= 0.6 is 0 Å². The molecular weight excluding hydrogens is 430 g/mol. The highest BCUT2D eigenvalue weighted by molar-refractivity contribution is 7.90. The van der Waals surface area contributed by atoms with Crippen molar-refractivity contribution in [2.45, 2.75) is 30.6 Å². The number of rotatable bonds is 7. The first kappa shape index (κ1) is 23.3. The Kier molecular flexibility index (Phi) is 7.88. The Morgan fingerprint density at radius 2 is 1.91 bits per heavy atom. The van der Waals surface area contributed by atoms with Gasteiger partial charge in [0.1, 0.15) is 17.3 Å². The van der Waals surface area contributed by atoms with Crippen molar-refractivity contribution in [1.82, 2.24) is 4.72 Å². The summed E-state index contributed by atoms with van der Waals surface area (Å²) in [6.45, 7) is 0.624. The van der Waals surface area contributed by atoms with E-state index >= 15 is 0 Å². The van der Waals surface area contributed by atoms with Crippen LogP contribution in [0.2, 0.25) is 0 Å². The molecule has 0 aromatic heterocycles. The Balaban J connectivity index is 1.69. The van der Waals surface area contributed by atoms with E-state index in [4.69, 9.17) is 9.47 Å². The third-order valence-corrected chi connectivity index (χ3v) is 6.27. The molecule has 1 aliphatic heterocycles. The third kappa shape index (κ3) is 6.34. The van der Waals surface area contributed by atoms with E-state index in [1.807, 2.05) is 0 Å². The summed E-state index contributed by atoms with van der Waals surface area (Å²) < 4.78 is 38.5. The van der Waals surface area contributed by atoms with E-state index in [0.717, 1.165) is 19.3 Å². The first-order chi connectivity index (χ1) is 15.4. The minimum absolute atomic E-state index is 0.0584. The van der Waals surface area contributed by atoms with E-state index in [0.29, 0.717) is 41.6 Å². The van der Waals surface area contributed by atoms with Crippen LogP contribution in [-0.4, -0.2) is 40.9 Å². The summed E-state index contributed by atoms with van der Waals surface area (Å²) in [6.07, 6.45) is 6.47. The smallest absolute Gasteiger partial charge is 0.262 e. The van der Waals surface area contributed by atoms with Gasteiger partial charge in [0.15, 0.2) is 0 Å². The lowest BCUT2D eigenvalue weighted by Gasteiger charge is -2.11. The van der Waals surface area contributed by atoms with Gasteiger partial charge < -0.3 is 14.8 Å². The Hall–Kier alpha value is -3.33. The molecule has 170 valence electrons. The molecule has 2 aromatic carbocycles. The standard InChI is InChI=1S/C23H27N3O5S/c1-30-19-12-10-17(21(16-19)31-2)11-13-23(27)25-18-7-6-8-20(15-18)32(28,29)26-22-9-4-3-5-14-24-22/h6-8,10-13,15-16H,3-5,9,14H2,1-2H3,(H,24,26)(H,25,27). The van der Waals surface area contributed by atoms with E-state index in [-0.39, 0.29) is 4.90 Å². The van der Waals surface area contributed by atoms with Gasteiger partial charge in [-0.15, -0.1) is 0 Å². The van der Waals surface area contributed by atoms with Crippen molar-refractivity contribution in [3.8, 4) is 11.5 Å². The van der Waals surface area contributed by atoms with Crippen molar-refractivity contribution < 1.29 is 22.7 Å². The number of hydrogen-bond donors (Lipinski definition) is 2. The first-order valence-corrected chi connectivity index (χ1v) is 11.8. The zero-order valence-electron chi connectivity index (χ0n) is 18.1. The maximum atomic E-state index is 12.7. The second kappa shape index (κ2) is 10.8. The van der Waals surface area contributed by atoms with Crippen LogP contribution in [-0.2, 0) is 14.8 Å². The summed E-state index contributed by atoms with van der Waals surface area (Å²) in [6, 6.07) is 11.4. The topological polar surface area (TPSA) is 106 Å². The van der Waals surface area contributed by atoms with Gasteiger partial charge in [-0.2, -0.15) is 0 Å². The Morgan fingerprint density at radius 3 is 2.69 bits per heavy atom. The number of benzene rings is 2. The van der Waals surface area contributed by atoms with Crippen molar-refractivity contribution in [3.63, 3.8) is 0 Å². The highest BCUT2D eigenvalue weighted by atomic mass is 32.2. The van der Waals surface area contributed by atoms with Gasteiger partial charge in [0.2, 0.25) is 5.91 Å². The monoisotopic (exact) mass is 457 g/mol. The SMILES string of the molecule is COc1ccc(C=CC(=O)Nc2cccc(S(=O)(=O)NC3=NCCCCC3)c2)c(OC)c1. The van der Waals surface area contributed by atoms with E-state index in [1.165, 1.54) is 25.3 Å². The molecule has 0 unspecified atom stereocenters. The number of carbonyl (C=O) groups excluding carboxylic acids is 1. The Morgan fingerprint density at radius 1 is 1.06 bits per heavy atom. The second-order valence-corrected chi connectivity index (χ2v) is 8.89. The van der Waals surface area contributed by atoms with E-state index in [2.05, 4.69) is 15.0 Å². The van der Waals surface area contributed by atoms with Gasteiger partial charge in [0.05, 0.1) is 19.1 Å². The number of aliphatic imine (C=N–C) groups is 1. The summed E-state index contributed by atoms with van der Waals surface area (Å²) in [5.74, 6) is 1.28. The fourth-order valence-electron chi connectivity index (χ4n) is 3.22. The average molecular weight is 458 g/mol. The van der Waals surface area contributed by atoms with Gasteiger partial charge in [-0.3, -0.25) is 14.5 Å². The first-order valence-electron chi connectivity index (χ1n) is 10.3. The van der Waals surface area contributed by atoms with Crippen LogP contribution in [0.1, 0.15) is 31.2 Å². The lowest BCUT2D eigenvalue weighted by atomic mass is 10.1. The van der Waals surface area contributed by atoms with E-state index in [9.17, 15) is 13.2 Å². The molecule has 3 rings (SSSR count). The Labute approximate surface area is 188 Å². The normalized spacial score (nSPS) is 14.4. The number of methoxy groups -OCH3 is 2. The molecule has 2 N–H and O–H groups in total. The molecule has 1 heterocycles. The fourth-order valence-corrected chi connectivity index (χ4v) is 4.35. The van der Waals surface area contributed by atoms with Crippen LogP contribution in [0.15, 0.2) is 58.4 Å². The van der Waals surface area contributed by atoms with E-state index in [1.54, 1.807) is 43.5 Å². The molecule has 9 heteroatoms. The lowest BCUT2D eigenvalue weighted by Crippen LogP contribution is -2.30. The van der Waals surface area contributed by atoms with Crippen LogP contribution < -0.4 is 19.5 Å². The van der Waals surface area contributed by atoms with Crippen molar-refractivity contribution in [2.24, 2.45) is 4.99 Å². The summed E-state index contributed by atoms with van der Waals surface area (Å²) in [7, 11) is -0.688. The molecule has 0 saturated carbocycles. The van der Waals surface area contributed by atoms with Crippen LogP contribution in [0, 0.1) is 0 Å².